The van der Waals surface area contributed by atoms with Crippen molar-refractivity contribution in [1.29, 1.82) is 0 Å². The Morgan fingerprint density at radius 3 is 2.67 bits per heavy atom. The topological polar surface area (TPSA) is 104 Å². The van der Waals surface area contributed by atoms with Gasteiger partial charge in [-0.25, -0.2) is 12.7 Å². The molecule has 6 rings (SSSR count). The molecule has 0 saturated carbocycles. The first-order valence-corrected chi connectivity index (χ1v) is 14.1. The number of hydrogen-bond donors (Lipinski definition) is 1. The van der Waals surface area contributed by atoms with Gasteiger partial charge in [0.05, 0.1) is 28.9 Å². The molecule has 1 fully saturated rings. The predicted molar refractivity (Wildman–Crippen MR) is 136 cm³/mol. The highest BCUT2D eigenvalue weighted by Crippen LogP contribution is 2.54. The summed E-state index contributed by atoms with van der Waals surface area (Å²) in [7, 11) is -3.23. The van der Waals surface area contributed by atoms with Crippen molar-refractivity contribution >= 4 is 21.4 Å². The van der Waals surface area contributed by atoms with Crippen LogP contribution in [0, 0.1) is 13.8 Å². The number of sulfonamides is 1. The zero-order chi connectivity index (χ0) is 25.0. The van der Waals surface area contributed by atoms with Crippen LogP contribution in [0.15, 0.2) is 41.1 Å². The number of pyridine rings is 1. The Morgan fingerprint density at radius 1 is 1.08 bits per heavy atom. The van der Waals surface area contributed by atoms with Gasteiger partial charge in [0.2, 0.25) is 10.0 Å². The van der Waals surface area contributed by atoms with E-state index in [2.05, 4.69) is 37.4 Å². The minimum absolute atomic E-state index is 0.105. The molecule has 3 aliphatic rings. The van der Waals surface area contributed by atoms with Gasteiger partial charge in [-0.15, -0.1) is 0 Å². The van der Waals surface area contributed by atoms with Gasteiger partial charge in [-0.05, 0) is 44.5 Å². The van der Waals surface area contributed by atoms with Gasteiger partial charge in [0, 0.05) is 37.9 Å². The normalized spacial score (nSPS) is 22.6. The van der Waals surface area contributed by atoms with E-state index in [1.54, 1.807) is 10.5 Å². The first kappa shape index (κ1) is 23.3. The van der Waals surface area contributed by atoms with Crippen molar-refractivity contribution in [2.75, 3.05) is 49.3 Å². The van der Waals surface area contributed by atoms with Crippen molar-refractivity contribution in [3.63, 3.8) is 0 Å². The van der Waals surface area contributed by atoms with Crippen LogP contribution in [0.5, 0.6) is 5.75 Å². The first-order chi connectivity index (χ1) is 17.3. The summed E-state index contributed by atoms with van der Waals surface area (Å²) in [6.45, 7) is 6.68. The van der Waals surface area contributed by atoms with E-state index in [1.807, 2.05) is 32.0 Å². The second-order valence-corrected chi connectivity index (χ2v) is 11.6. The SMILES string of the molecule is Cc1noc(C)c1-c1ccc2c3c1OC[C@H](c1ccccn1)N3C(N1CCCN(S(C)(=O)=O)CC1)N2. The molecule has 36 heavy (non-hydrogen) atoms. The number of aromatic nitrogens is 2. The molecular weight excluding hydrogens is 480 g/mol. The molecule has 0 spiro atoms. The number of ether oxygens (including phenoxy) is 1. The molecular formula is C25H30N6O4S. The smallest absolute Gasteiger partial charge is 0.211 e. The van der Waals surface area contributed by atoms with Crippen LogP contribution >= 0.6 is 0 Å². The molecule has 10 nitrogen and oxygen atoms in total. The zero-order valence-corrected chi connectivity index (χ0v) is 21.5. The van der Waals surface area contributed by atoms with Gasteiger partial charge in [-0.2, -0.15) is 0 Å². The van der Waals surface area contributed by atoms with E-state index in [9.17, 15) is 8.42 Å². The summed E-state index contributed by atoms with van der Waals surface area (Å²) in [5, 5.41) is 7.86. The van der Waals surface area contributed by atoms with Crippen molar-refractivity contribution in [2.45, 2.75) is 32.6 Å². The van der Waals surface area contributed by atoms with E-state index in [1.165, 1.54) is 6.26 Å². The Labute approximate surface area is 210 Å². The molecule has 0 amide bonds. The summed E-state index contributed by atoms with van der Waals surface area (Å²) in [6, 6.07) is 9.97. The summed E-state index contributed by atoms with van der Waals surface area (Å²) in [5.74, 6) is 1.55. The number of benzene rings is 1. The second-order valence-electron chi connectivity index (χ2n) is 9.60. The summed E-state index contributed by atoms with van der Waals surface area (Å²) >= 11 is 0. The highest BCUT2D eigenvalue weighted by Gasteiger charge is 2.45. The van der Waals surface area contributed by atoms with E-state index in [0.29, 0.717) is 26.2 Å². The first-order valence-electron chi connectivity index (χ1n) is 12.2. The van der Waals surface area contributed by atoms with E-state index in [4.69, 9.17) is 9.26 Å². The summed E-state index contributed by atoms with van der Waals surface area (Å²) in [4.78, 5) is 9.34. The van der Waals surface area contributed by atoms with Crippen LogP contribution in [0.4, 0.5) is 11.4 Å². The van der Waals surface area contributed by atoms with Crippen LogP contribution in [0.25, 0.3) is 11.1 Å². The van der Waals surface area contributed by atoms with E-state index in [-0.39, 0.29) is 12.3 Å². The third-order valence-corrected chi connectivity index (χ3v) is 8.60. The largest absolute Gasteiger partial charge is 0.488 e. The summed E-state index contributed by atoms with van der Waals surface area (Å²) in [6.07, 6.45) is 3.69. The minimum Gasteiger partial charge on any atom is -0.488 e. The maximum atomic E-state index is 12.2. The average molecular weight is 511 g/mol. The molecule has 0 radical (unpaired) electrons. The molecule has 1 N–H and O–H groups in total. The lowest BCUT2D eigenvalue weighted by Crippen LogP contribution is -2.54. The van der Waals surface area contributed by atoms with Gasteiger partial charge in [0.15, 0.2) is 12.0 Å². The highest BCUT2D eigenvalue weighted by molar-refractivity contribution is 7.88. The van der Waals surface area contributed by atoms with E-state index >= 15 is 0 Å². The molecule has 2 atom stereocenters. The number of aryl methyl sites for hydroxylation is 2. The Morgan fingerprint density at radius 2 is 1.94 bits per heavy atom. The van der Waals surface area contributed by atoms with E-state index in [0.717, 1.165) is 58.4 Å². The van der Waals surface area contributed by atoms with Crippen molar-refractivity contribution < 1.29 is 17.7 Å². The fourth-order valence-corrected chi connectivity index (χ4v) is 6.49. The van der Waals surface area contributed by atoms with Gasteiger partial charge < -0.3 is 19.5 Å². The number of rotatable bonds is 4. The second kappa shape index (κ2) is 8.75. The van der Waals surface area contributed by atoms with Crippen molar-refractivity contribution in [3.8, 4) is 16.9 Å². The lowest BCUT2D eigenvalue weighted by molar-refractivity contribution is 0.185. The molecule has 1 saturated heterocycles. The van der Waals surface area contributed by atoms with Crippen LogP contribution in [0.2, 0.25) is 0 Å². The Balaban J connectivity index is 1.43. The van der Waals surface area contributed by atoms with Crippen molar-refractivity contribution in [2.24, 2.45) is 0 Å². The Kier molecular flexibility index (Phi) is 5.66. The number of anilines is 2. The number of nitrogens with zero attached hydrogens (tertiary/aromatic N) is 5. The van der Waals surface area contributed by atoms with Gasteiger partial charge in [0.25, 0.3) is 0 Å². The Bertz CT molecular complexity index is 1370. The maximum Gasteiger partial charge on any atom is 0.211 e. The van der Waals surface area contributed by atoms with Crippen LogP contribution in [-0.2, 0) is 10.0 Å². The third-order valence-electron chi connectivity index (χ3n) is 7.30. The summed E-state index contributed by atoms with van der Waals surface area (Å²) < 4.78 is 37.9. The standard InChI is InChI=1S/C25H30N6O4S/c1-16-22(17(2)35-28-16)18-8-9-20-23-24(18)34-15-21(19-7-4-5-10-26-19)31(23)25(27-20)29-11-6-12-30(14-13-29)36(3,32)33/h4-5,7-10,21,25,27H,6,11-15H2,1-3H3/t21-,25?/m1/s1. The third kappa shape index (κ3) is 3.82. The number of nitrogens with one attached hydrogen (secondary N) is 1. The maximum absolute atomic E-state index is 12.2. The van der Waals surface area contributed by atoms with Crippen LogP contribution in [-0.4, -0.2) is 73.1 Å². The zero-order valence-electron chi connectivity index (χ0n) is 20.6. The molecule has 3 aromatic rings. The molecule has 1 aromatic carbocycles. The molecule has 190 valence electrons. The lowest BCUT2D eigenvalue weighted by Gasteiger charge is -2.42. The van der Waals surface area contributed by atoms with Gasteiger partial charge >= 0.3 is 0 Å². The van der Waals surface area contributed by atoms with Crippen molar-refractivity contribution in [1.82, 2.24) is 19.3 Å². The van der Waals surface area contributed by atoms with Gasteiger partial charge in [0.1, 0.15) is 24.1 Å². The molecule has 3 aliphatic heterocycles. The quantitative estimate of drug-likeness (QED) is 0.567. The van der Waals surface area contributed by atoms with Gasteiger partial charge in [-0.3, -0.25) is 9.88 Å². The van der Waals surface area contributed by atoms with Crippen LogP contribution < -0.4 is 15.0 Å². The highest BCUT2D eigenvalue weighted by atomic mass is 32.2. The molecule has 0 bridgehead atoms. The average Bonchev–Trinajstić information content (AvgIpc) is 3.29. The molecule has 11 heteroatoms. The summed E-state index contributed by atoms with van der Waals surface area (Å²) in [5.41, 5.74) is 5.63. The minimum atomic E-state index is -3.23. The van der Waals surface area contributed by atoms with Crippen LogP contribution in [0.3, 0.4) is 0 Å². The van der Waals surface area contributed by atoms with E-state index < -0.39 is 10.0 Å². The number of hydrogen-bond acceptors (Lipinski definition) is 9. The molecule has 5 heterocycles. The fraction of sp³-hybridized carbons (Fsp3) is 0.440. The van der Waals surface area contributed by atoms with Gasteiger partial charge in [-0.1, -0.05) is 11.2 Å². The van der Waals surface area contributed by atoms with Crippen LogP contribution in [0.1, 0.15) is 29.6 Å². The lowest BCUT2D eigenvalue weighted by atomic mass is 9.99. The monoisotopic (exact) mass is 510 g/mol. The predicted octanol–water partition coefficient (Wildman–Crippen LogP) is 2.97. The van der Waals surface area contributed by atoms with Crippen molar-refractivity contribution in [3.05, 3.63) is 53.7 Å². The Hall–Kier alpha value is -3.15. The molecule has 0 aliphatic carbocycles. The fourth-order valence-electron chi connectivity index (χ4n) is 5.61. The molecule has 1 unspecified atom stereocenters. The molecule has 2 aromatic heterocycles.